The summed E-state index contributed by atoms with van der Waals surface area (Å²) in [6, 6.07) is 0. The van der Waals surface area contributed by atoms with Gasteiger partial charge in [0, 0.05) is 0 Å². The van der Waals surface area contributed by atoms with E-state index in [9.17, 15) is 0 Å². The van der Waals surface area contributed by atoms with E-state index in [-0.39, 0.29) is 0 Å². The Morgan fingerprint density at radius 2 is 1.50 bits per heavy atom. The summed E-state index contributed by atoms with van der Waals surface area (Å²) in [5.74, 6) is 2.05. The van der Waals surface area contributed by atoms with Crippen LogP contribution in [0, 0.1) is 18.9 Å². The molecule has 2 saturated heterocycles. The Labute approximate surface area is 88.3 Å². The van der Waals surface area contributed by atoms with Crippen molar-refractivity contribution in [2.75, 3.05) is 33.2 Å². The molecule has 82 valence electrons. The van der Waals surface area contributed by atoms with Crippen LogP contribution in [-0.4, -0.2) is 38.1 Å². The van der Waals surface area contributed by atoms with Crippen molar-refractivity contribution in [2.45, 2.75) is 25.7 Å². The van der Waals surface area contributed by atoms with Crippen LogP contribution in [0.4, 0.5) is 0 Å². The average molecular weight is 196 g/mol. The zero-order chi connectivity index (χ0) is 9.97. The molecule has 2 aliphatic rings. The normalized spacial score (nSPS) is 37.3. The van der Waals surface area contributed by atoms with Gasteiger partial charge in [0.1, 0.15) is 0 Å². The highest BCUT2D eigenvalue weighted by molar-refractivity contribution is 4.77. The zero-order valence-electron chi connectivity index (χ0n) is 9.47. The Morgan fingerprint density at radius 3 is 2.07 bits per heavy atom. The predicted molar refractivity (Wildman–Crippen MR) is 59.0 cm³/mol. The summed E-state index contributed by atoms with van der Waals surface area (Å²) in [5.41, 5.74) is 0. The quantitative estimate of drug-likeness (QED) is 0.597. The van der Waals surface area contributed by atoms with Crippen LogP contribution in [0.25, 0.3) is 0 Å². The summed E-state index contributed by atoms with van der Waals surface area (Å²) in [6.45, 7) is 5.25. The molecule has 0 aliphatic carbocycles. The van der Waals surface area contributed by atoms with Crippen LogP contribution in [0.15, 0.2) is 0 Å². The van der Waals surface area contributed by atoms with E-state index in [1.807, 2.05) is 0 Å². The molecule has 1 N–H and O–H groups in total. The molecule has 2 aliphatic heterocycles. The fourth-order valence-electron chi connectivity index (χ4n) is 3.02. The van der Waals surface area contributed by atoms with Gasteiger partial charge in [0.05, 0.1) is 13.1 Å². The molecule has 2 heterocycles. The lowest BCUT2D eigenvalue weighted by molar-refractivity contribution is -0.860. The van der Waals surface area contributed by atoms with Gasteiger partial charge < -0.3 is 9.80 Å². The molecule has 0 unspecified atom stereocenters. The van der Waals surface area contributed by atoms with Gasteiger partial charge in [-0.05, 0) is 57.7 Å². The van der Waals surface area contributed by atoms with Gasteiger partial charge in [-0.3, -0.25) is 0 Å². The van der Waals surface area contributed by atoms with Gasteiger partial charge in [-0.25, -0.2) is 0 Å². The van der Waals surface area contributed by atoms with Crippen molar-refractivity contribution in [3.63, 3.8) is 0 Å². The Morgan fingerprint density at radius 1 is 1.00 bits per heavy atom. The molecule has 2 rings (SSSR count). The second kappa shape index (κ2) is 4.63. The first-order valence-electron chi connectivity index (χ1n) is 6.11. The lowest BCUT2D eigenvalue weighted by atomic mass is 9.79. The van der Waals surface area contributed by atoms with Crippen molar-refractivity contribution in [1.82, 2.24) is 4.90 Å². The van der Waals surface area contributed by atoms with Crippen LogP contribution in [0.3, 0.4) is 0 Å². The maximum atomic E-state index is 4.10. The number of likely N-dealkylation sites (tertiary alicyclic amines) is 2. The molecule has 2 nitrogen and oxygen atoms in total. The van der Waals surface area contributed by atoms with E-state index in [1.54, 1.807) is 0 Å². The monoisotopic (exact) mass is 196 g/mol. The molecule has 0 bridgehead atoms. The lowest BCUT2D eigenvalue weighted by Gasteiger charge is -2.38. The Hall–Kier alpha value is -0.0800. The van der Waals surface area contributed by atoms with Crippen LogP contribution < -0.4 is 4.90 Å². The first-order valence-corrected chi connectivity index (χ1v) is 6.11. The highest BCUT2D eigenvalue weighted by Crippen LogP contribution is 2.29. The summed E-state index contributed by atoms with van der Waals surface area (Å²) in [5, 5.41) is 0. The van der Waals surface area contributed by atoms with Gasteiger partial charge in [0.15, 0.2) is 0 Å². The van der Waals surface area contributed by atoms with Gasteiger partial charge in [-0.1, -0.05) is 0 Å². The highest BCUT2D eigenvalue weighted by atomic mass is 15.1. The van der Waals surface area contributed by atoms with Crippen LogP contribution in [0.5, 0.6) is 0 Å². The van der Waals surface area contributed by atoms with Crippen molar-refractivity contribution in [3.05, 3.63) is 7.05 Å². The number of quaternary nitrogens is 1. The Bertz CT molecular complexity index is 145. The molecule has 0 aromatic heterocycles. The van der Waals surface area contributed by atoms with E-state index >= 15 is 0 Å². The largest absolute Gasteiger partial charge is 0.468 e. The zero-order valence-corrected chi connectivity index (χ0v) is 9.47. The average Bonchev–Trinajstić information content (AvgIpc) is 2.21. The van der Waals surface area contributed by atoms with E-state index in [4.69, 9.17) is 0 Å². The summed E-state index contributed by atoms with van der Waals surface area (Å²) < 4.78 is 0. The Kier molecular flexibility index (Phi) is 3.45. The third-order valence-electron chi connectivity index (χ3n) is 4.17. The maximum Gasteiger partial charge on any atom is 0.0533 e. The second-order valence-corrected chi connectivity index (χ2v) is 5.23. The molecular formula is C12H24N2. The first kappa shape index (κ1) is 10.4. The fourth-order valence-corrected chi connectivity index (χ4v) is 3.02. The van der Waals surface area contributed by atoms with Crippen molar-refractivity contribution in [2.24, 2.45) is 11.8 Å². The Balaban J connectivity index is 1.78. The standard InChI is InChI=1S/C12H24N2/c1-13-7-3-11(4-8-13)12-5-9-14(2)10-6-12/h11-13H,1,3-10H2,2H3. The summed E-state index contributed by atoms with van der Waals surface area (Å²) in [7, 11) is 6.35. The molecule has 0 radical (unpaired) electrons. The molecular weight excluding hydrogens is 172 g/mol. The third-order valence-corrected chi connectivity index (χ3v) is 4.17. The van der Waals surface area contributed by atoms with E-state index in [2.05, 4.69) is 19.0 Å². The van der Waals surface area contributed by atoms with Crippen molar-refractivity contribution in [1.29, 1.82) is 0 Å². The van der Waals surface area contributed by atoms with Crippen LogP contribution in [0.1, 0.15) is 25.7 Å². The minimum Gasteiger partial charge on any atom is -0.468 e. The molecule has 2 fully saturated rings. The molecule has 0 aromatic rings. The van der Waals surface area contributed by atoms with E-state index in [0.717, 1.165) is 11.8 Å². The molecule has 14 heavy (non-hydrogen) atoms. The molecule has 0 aromatic carbocycles. The maximum absolute atomic E-state index is 4.10. The molecule has 2 heteroatoms. The van der Waals surface area contributed by atoms with E-state index < -0.39 is 0 Å². The van der Waals surface area contributed by atoms with Gasteiger partial charge >= 0.3 is 0 Å². The van der Waals surface area contributed by atoms with Crippen molar-refractivity contribution in [3.8, 4) is 0 Å². The van der Waals surface area contributed by atoms with Crippen LogP contribution >= 0.6 is 0 Å². The van der Waals surface area contributed by atoms with Crippen molar-refractivity contribution >= 4 is 0 Å². The van der Waals surface area contributed by atoms with Gasteiger partial charge in [0.2, 0.25) is 0 Å². The number of nitrogens with one attached hydrogen (secondary N) is 1. The SMILES string of the molecule is [CH2-][NH+]1CCC(C2CCN(C)CC2)CC1. The first-order chi connectivity index (χ1) is 6.75. The number of hydrogen-bond acceptors (Lipinski definition) is 1. The number of nitrogens with zero attached hydrogens (tertiary/aromatic N) is 1. The third kappa shape index (κ3) is 2.48. The van der Waals surface area contributed by atoms with Gasteiger partial charge in [0.25, 0.3) is 0 Å². The van der Waals surface area contributed by atoms with E-state index in [0.29, 0.717) is 0 Å². The minimum absolute atomic E-state index is 1.02. The minimum atomic E-state index is 1.02. The van der Waals surface area contributed by atoms with Crippen LogP contribution in [0.2, 0.25) is 0 Å². The van der Waals surface area contributed by atoms with Crippen molar-refractivity contribution < 1.29 is 4.90 Å². The smallest absolute Gasteiger partial charge is 0.0533 e. The van der Waals surface area contributed by atoms with Crippen LogP contribution in [-0.2, 0) is 0 Å². The summed E-state index contributed by atoms with van der Waals surface area (Å²) in [4.78, 5) is 3.97. The summed E-state index contributed by atoms with van der Waals surface area (Å²) >= 11 is 0. The number of rotatable bonds is 1. The topological polar surface area (TPSA) is 7.68 Å². The predicted octanol–water partition coefficient (Wildman–Crippen LogP) is 0.415. The van der Waals surface area contributed by atoms with E-state index in [1.165, 1.54) is 56.8 Å². The van der Waals surface area contributed by atoms with Gasteiger partial charge in [-0.2, -0.15) is 7.05 Å². The molecule has 0 atom stereocenters. The molecule has 0 saturated carbocycles. The second-order valence-electron chi connectivity index (χ2n) is 5.23. The summed E-state index contributed by atoms with van der Waals surface area (Å²) in [6.07, 6.45) is 5.72. The number of hydrogen-bond donors (Lipinski definition) is 1. The highest BCUT2D eigenvalue weighted by Gasteiger charge is 2.28. The lowest BCUT2D eigenvalue weighted by Crippen LogP contribution is -3.08. The number of piperidine rings is 2. The fraction of sp³-hybridized carbons (Fsp3) is 0.917. The molecule has 0 amide bonds. The molecule has 0 spiro atoms. The van der Waals surface area contributed by atoms with Gasteiger partial charge in [-0.15, -0.1) is 0 Å².